The van der Waals surface area contributed by atoms with Gasteiger partial charge in [0, 0.05) is 18.2 Å². The number of esters is 1. The van der Waals surface area contributed by atoms with Crippen LogP contribution >= 0.6 is 0 Å². The molecule has 0 N–H and O–H groups in total. The maximum absolute atomic E-state index is 11.5. The number of hydrogen-bond acceptors (Lipinski definition) is 5. The van der Waals surface area contributed by atoms with E-state index in [1.54, 1.807) is 6.92 Å². The van der Waals surface area contributed by atoms with Gasteiger partial charge in [0.25, 0.3) is 5.69 Å². The Balaban J connectivity index is 2.86. The molecule has 0 atom stereocenters. The van der Waals surface area contributed by atoms with Gasteiger partial charge < -0.3 is 9.84 Å². The highest BCUT2D eigenvalue weighted by Gasteiger charge is 2.04. The molecule has 0 heterocycles. The van der Waals surface area contributed by atoms with Crippen LogP contribution in [-0.2, 0) is 9.53 Å². The summed E-state index contributed by atoms with van der Waals surface area (Å²) in [5, 5.41) is 21.9. The first-order valence-corrected chi connectivity index (χ1v) is 4.85. The summed E-state index contributed by atoms with van der Waals surface area (Å²) in [6.45, 7) is 1.81. The molecule has 0 aliphatic carbocycles. The number of carbonyl (C=O) groups is 1. The van der Waals surface area contributed by atoms with E-state index in [9.17, 15) is 20.0 Å². The van der Waals surface area contributed by atoms with Crippen LogP contribution in [0.1, 0.15) is 12.5 Å². The van der Waals surface area contributed by atoms with Gasteiger partial charge in [0.2, 0.25) is 0 Å². The average Bonchev–Trinajstić information content (AvgIpc) is 2.29. The number of nitro benzene ring substituents is 1. The minimum Gasteiger partial charge on any atom is -0.872 e. The molecule has 0 unspecified atom stereocenters. The van der Waals surface area contributed by atoms with Crippen LogP contribution < -0.4 is 5.11 Å². The molecule has 0 fully saturated rings. The van der Waals surface area contributed by atoms with E-state index >= 15 is 0 Å². The summed E-state index contributed by atoms with van der Waals surface area (Å²) < 4.78 is 4.57. The Morgan fingerprint density at radius 1 is 1.41 bits per heavy atom. The second kappa shape index (κ2) is 5.64. The molecular formula is C11H10NO5-. The molecule has 0 spiro atoms. The van der Waals surface area contributed by atoms with Gasteiger partial charge in [-0.3, -0.25) is 10.1 Å². The molecule has 0 saturated heterocycles. The van der Waals surface area contributed by atoms with Crippen molar-refractivity contribution in [3.05, 3.63) is 46.0 Å². The Morgan fingerprint density at radius 2 is 2.00 bits per heavy atom. The largest absolute Gasteiger partial charge is 0.872 e. The standard InChI is InChI=1S/C11H11NO5/c1-2-17-11(14)7-10(13)8-3-5-9(6-4-8)12(15)16/h3-7,13H,2H2,1H3/p-1/b10-7-. The van der Waals surface area contributed by atoms with Gasteiger partial charge in [0.1, 0.15) is 0 Å². The Bertz CT molecular complexity index is 449. The van der Waals surface area contributed by atoms with E-state index in [4.69, 9.17) is 0 Å². The van der Waals surface area contributed by atoms with Gasteiger partial charge >= 0.3 is 5.97 Å². The summed E-state index contributed by atoms with van der Waals surface area (Å²) in [4.78, 5) is 20.8. The number of non-ortho nitro benzene ring substituents is 1. The quantitative estimate of drug-likeness (QED) is 0.254. The van der Waals surface area contributed by atoms with E-state index in [-0.39, 0.29) is 17.9 Å². The van der Waals surface area contributed by atoms with Crippen LogP contribution in [-0.4, -0.2) is 17.5 Å². The number of ether oxygens (including phenoxy) is 1. The molecule has 1 rings (SSSR count). The van der Waals surface area contributed by atoms with Gasteiger partial charge in [-0.15, -0.1) is 0 Å². The van der Waals surface area contributed by atoms with Crippen molar-refractivity contribution >= 4 is 17.4 Å². The zero-order valence-corrected chi connectivity index (χ0v) is 9.08. The second-order valence-corrected chi connectivity index (χ2v) is 3.06. The van der Waals surface area contributed by atoms with Crippen LogP contribution in [0, 0.1) is 10.1 Å². The number of nitro groups is 1. The monoisotopic (exact) mass is 236 g/mol. The van der Waals surface area contributed by atoms with Crippen LogP contribution in [0.25, 0.3) is 5.76 Å². The third-order valence-corrected chi connectivity index (χ3v) is 1.90. The van der Waals surface area contributed by atoms with Crippen molar-refractivity contribution in [1.82, 2.24) is 0 Å². The summed E-state index contributed by atoms with van der Waals surface area (Å²) in [6, 6.07) is 4.98. The number of rotatable bonds is 4. The zero-order chi connectivity index (χ0) is 12.8. The van der Waals surface area contributed by atoms with E-state index in [0.29, 0.717) is 0 Å². The Hall–Kier alpha value is -2.37. The molecule has 6 nitrogen and oxygen atoms in total. The van der Waals surface area contributed by atoms with Crippen LogP contribution in [0.2, 0.25) is 0 Å². The van der Waals surface area contributed by atoms with Crippen molar-refractivity contribution in [2.75, 3.05) is 6.61 Å². The fraction of sp³-hybridized carbons (Fsp3) is 0.182. The highest BCUT2D eigenvalue weighted by atomic mass is 16.6. The van der Waals surface area contributed by atoms with Gasteiger partial charge in [0.15, 0.2) is 0 Å². The minimum atomic E-state index is -0.726. The normalized spacial score (nSPS) is 11.0. The van der Waals surface area contributed by atoms with Crippen molar-refractivity contribution in [3.63, 3.8) is 0 Å². The number of benzene rings is 1. The molecule has 6 heteroatoms. The lowest BCUT2D eigenvalue weighted by molar-refractivity contribution is -0.384. The van der Waals surface area contributed by atoms with Gasteiger partial charge in [-0.1, -0.05) is 5.76 Å². The van der Waals surface area contributed by atoms with Gasteiger partial charge in [-0.25, -0.2) is 4.79 Å². The van der Waals surface area contributed by atoms with Crippen LogP contribution in [0.4, 0.5) is 5.69 Å². The van der Waals surface area contributed by atoms with E-state index in [0.717, 1.165) is 6.08 Å². The molecule has 0 bridgehead atoms. The molecule has 0 aromatic heterocycles. The fourth-order valence-electron chi connectivity index (χ4n) is 1.12. The van der Waals surface area contributed by atoms with Crippen LogP contribution in [0.5, 0.6) is 0 Å². The van der Waals surface area contributed by atoms with Crippen molar-refractivity contribution in [2.24, 2.45) is 0 Å². The first-order chi connectivity index (χ1) is 8.04. The first kappa shape index (κ1) is 12.7. The van der Waals surface area contributed by atoms with Crippen molar-refractivity contribution in [1.29, 1.82) is 0 Å². The number of hydrogen-bond donors (Lipinski definition) is 0. The Morgan fingerprint density at radius 3 is 2.47 bits per heavy atom. The summed E-state index contributed by atoms with van der Waals surface area (Å²) in [5.74, 6) is -1.27. The van der Waals surface area contributed by atoms with Crippen LogP contribution in [0.15, 0.2) is 30.3 Å². The summed E-state index contributed by atoms with van der Waals surface area (Å²) >= 11 is 0. The molecule has 1 aromatic carbocycles. The average molecular weight is 236 g/mol. The second-order valence-electron chi connectivity index (χ2n) is 3.06. The fourth-order valence-corrected chi connectivity index (χ4v) is 1.12. The lowest BCUT2D eigenvalue weighted by atomic mass is 10.1. The molecular weight excluding hydrogens is 226 g/mol. The third-order valence-electron chi connectivity index (χ3n) is 1.90. The number of carbonyl (C=O) groups excluding carboxylic acids is 1. The molecule has 0 aliphatic rings. The van der Waals surface area contributed by atoms with Gasteiger partial charge in [-0.2, -0.15) is 0 Å². The van der Waals surface area contributed by atoms with E-state index in [1.807, 2.05) is 0 Å². The summed E-state index contributed by atoms with van der Waals surface area (Å²) in [6.07, 6.45) is 0.810. The van der Waals surface area contributed by atoms with Crippen molar-refractivity contribution < 1.29 is 19.6 Å². The SMILES string of the molecule is CCOC(=O)/C=C(\[O-])c1ccc([N+](=O)[O-])cc1. The topological polar surface area (TPSA) is 92.5 Å². The van der Waals surface area contributed by atoms with Crippen molar-refractivity contribution in [3.8, 4) is 0 Å². The van der Waals surface area contributed by atoms with Crippen LogP contribution in [0.3, 0.4) is 0 Å². The lowest BCUT2D eigenvalue weighted by Crippen LogP contribution is -2.08. The Kier molecular flexibility index (Phi) is 4.21. The molecule has 90 valence electrons. The predicted molar refractivity (Wildman–Crippen MR) is 57.7 cm³/mol. The molecule has 0 radical (unpaired) electrons. The third kappa shape index (κ3) is 3.60. The van der Waals surface area contributed by atoms with Gasteiger partial charge in [-0.05, 0) is 24.6 Å². The van der Waals surface area contributed by atoms with E-state index in [1.165, 1.54) is 24.3 Å². The molecule has 0 saturated carbocycles. The summed E-state index contributed by atoms with van der Waals surface area (Å²) in [5.41, 5.74) is 0.0846. The molecule has 17 heavy (non-hydrogen) atoms. The number of nitrogens with zero attached hydrogens (tertiary/aromatic N) is 1. The smallest absolute Gasteiger partial charge is 0.330 e. The van der Waals surface area contributed by atoms with E-state index in [2.05, 4.69) is 4.74 Å². The Labute approximate surface area is 97.3 Å². The zero-order valence-electron chi connectivity index (χ0n) is 9.08. The predicted octanol–water partition coefficient (Wildman–Crippen LogP) is 0.859. The highest BCUT2D eigenvalue weighted by molar-refractivity contribution is 5.89. The van der Waals surface area contributed by atoms with E-state index < -0.39 is 16.7 Å². The summed E-state index contributed by atoms with van der Waals surface area (Å²) in [7, 11) is 0. The lowest BCUT2D eigenvalue weighted by Gasteiger charge is -2.11. The van der Waals surface area contributed by atoms with Gasteiger partial charge in [0.05, 0.1) is 11.5 Å². The van der Waals surface area contributed by atoms with Crippen molar-refractivity contribution in [2.45, 2.75) is 6.92 Å². The minimum absolute atomic E-state index is 0.113. The molecule has 1 aromatic rings. The molecule has 0 amide bonds. The molecule has 0 aliphatic heterocycles. The maximum atomic E-state index is 11.5. The maximum Gasteiger partial charge on any atom is 0.330 e. The first-order valence-electron chi connectivity index (χ1n) is 4.85. The highest BCUT2D eigenvalue weighted by Crippen LogP contribution is 2.15.